The lowest BCUT2D eigenvalue weighted by molar-refractivity contribution is 0.156. The van der Waals surface area contributed by atoms with Gasteiger partial charge in [0.05, 0.1) is 0 Å². The molecule has 1 heterocycles. The van der Waals surface area contributed by atoms with Gasteiger partial charge in [0.1, 0.15) is 11.4 Å². The Morgan fingerprint density at radius 3 is 2.88 bits per heavy atom. The Morgan fingerprint density at radius 1 is 1.44 bits per heavy atom. The highest BCUT2D eigenvalue weighted by Crippen LogP contribution is 2.40. The zero-order valence-corrected chi connectivity index (χ0v) is 11.1. The van der Waals surface area contributed by atoms with E-state index in [-0.39, 0.29) is 5.60 Å². The van der Waals surface area contributed by atoms with Crippen LogP contribution in [-0.4, -0.2) is 11.4 Å². The molecule has 0 spiro atoms. The number of ether oxygens (including phenoxy) is 1. The summed E-state index contributed by atoms with van der Waals surface area (Å²) in [7, 11) is 0. The monoisotopic (exact) mass is 234 g/mol. The van der Waals surface area contributed by atoms with Gasteiger partial charge in [-0.2, -0.15) is 0 Å². The van der Waals surface area contributed by atoms with Crippen LogP contribution in [0, 0.1) is 6.92 Å². The SMILES string of the molecule is CC(C)=CC1(C)CSc2cc(C)ccc2O1. The van der Waals surface area contributed by atoms with Crippen molar-refractivity contribution in [3.05, 3.63) is 35.4 Å². The molecule has 0 aromatic heterocycles. The minimum Gasteiger partial charge on any atom is -0.481 e. The minimum atomic E-state index is -0.161. The van der Waals surface area contributed by atoms with E-state index in [4.69, 9.17) is 4.74 Å². The number of aryl methyl sites for hydroxylation is 1. The van der Waals surface area contributed by atoms with E-state index in [0.29, 0.717) is 0 Å². The van der Waals surface area contributed by atoms with Crippen LogP contribution in [0.5, 0.6) is 5.75 Å². The molecule has 0 saturated carbocycles. The van der Waals surface area contributed by atoms with E-state index in [1.54, 1.807) is 0 Å². The lowest BCUT2D eigenvalue weighted by Gasteiger charge is -2.33. The topological polar surface area (TPSA) is 9.23 Å². The maximum Gasteiger partial charge on any atom is 0.134 e. The number of fused-ring (bicyclic) bond motifs is 1. The highest BCUT2D eigenvalue weighted by atomic mass is 32.2. The Labute approximate surface area is 102 Å². The fourth-order valence-corrected chi connectivity index (χ4v) is 3.10. The fourth-order valence-electron chi connectivity index (χ4n) is 2.00. The Morgan fingerprint density at radius 2 is 2.19 bits per heavy atom. The maximum atomic E-state index is 6.09. The molecule has 86 valence electrons. The van der Waals surface area contributed by atoms with Gasteiger partial charge in [-0.05, 0) is 51.5 Å². The summed E-state index contributed by atoms with van der Waals surface area (Å²) in [4.78, 5) is 1.26. The van der Waals surface area contributed by atoms with Gasteiger partial charge in [0.2, 0.25) is 0 Å². The second-order valence-corrected chi connectivity index (χ2v) is 5.89. The van der Waals surface area contributed by atoms with Crippen molar-refractivity contribution < 1.29 is 4.74 Å². The molecule has 2 heteroatoms. The summed E-state index contributed by atoms with van der Waals surface area (Å²) in [5.74, 6) is 2.00. The first-order valence-corrected chi connectivity index (χ1v) is 6.56. The standard InChI is InChI=1S/C14H18OS/c1-10(2)8-14(4)9-16-13-7-11(3)5-6-12(13)15-14/h5-8H,9H2,1-4H3. The summed E-state index contributed by atoms with van der Waals surface area (Å²) in [6, 6.07) is 6.38. The van der Waals surface area contributed by atoms with Crippen LogP contribution in [0.15, 0.2) is 34.7 Å². The summed E-state index contributed by atoms with van der Waals surface area (Å²) < 4.78 is 6.09. The van der Waals surface area contributed by atoms with Gasteiger partial charge >= 0.3 is 0 Å². The maximum absolute atomic E-state index is 6.09. The summed E-state index contributed by atoms with van der Waals surface area (Å²) in [5.41, 5.74) is 2.44. The van der Waals surface area contributed by atoms with E-state index in [1.807, 2.05) is 11.8 Å². The zero-order valence-electron chi connectivity index (χ0n) is 10.3. The van der Waals surface area contributed by atoms with Crippen LogP contribution in [0.1, 0.15) is 26.3 Å². The van der Waals surface area contributed by atoms with Gasteiger partial charge < -0.3 is 4.74 Å². The predicted molar refractivity (Wildman–Crippen MR) is 70.4 cm³/mol. The predicted octanol–water partition coefficient (Wildman–Crippen LogP) is 4.20. The molecule has 0 aliphatic carbocycles. The van der Waals surface area contributed by atoms with Gasteiger partial charge in [0.15, 0.2) is 0 Å². The van der Waals surface area contributed by atoms with Gasteiger partial charge in [-0.15, -0.1) is 11.8 Å². The van der Waals surface area contributed by atoms with E-state index in [0.717, 1.165) is 11.5 Å². The molecule has 0 bridgehead atoms. The minimum absolute atomic E-state index is 0.161. The van der Waals surface area contributed by atoms with E-state index in [2.05, 4.69) is 52.0 Å². The lowest BCUT2D eigenvalue weighted by Crippen LogP contribution is -2.35. The van der Waals surface area contributed by atoms with Crippen LogP contribution in [0.25, 0.3) is 0 Å². The van der Waals surface area contributed by atoms with E-state index in [9.17, 15) is 0 Å². The van der Waals surface area contributed by atoms with Gasteiger partial charge in [-0.1, -0.05) is 11.6 Å². The molecule has 0 N–H and O–H groups in total. The summed E-state index contributed by atoms with van der Waals surface area (Å²) in [5, 5.41) is 0. The van der Waals surface area contributed by atoms with E-state index < -0.39 is 0 Å². The number of benzene rings is 1. The third-order valence-corrected chi connectivity index (χ3v) is 3.90. The molecule has 1 atom stereocenters. The van der Waals surface area contributed by atoms with Crippen LogP contribution in [-0.2, 0) is 0 Å². The van der Waals surface area contributed by atoms with Crippen LogP contribution in [0.3, 0.4) is 0 Å². The Balaban J connectivity index is 2.30. The number of rotatable bonds is 1. The molecular formula is C14H18OS. The third-order valence-electron chi connectivity index (χ3n) is 2.55. The van der Waals surface area contributed by atoms with Crippen molar-refractivity contribution in [1.29, 1.82) is 0 Å². The largest absolute Gasteiger partial charge is 0.481 e. The molecule has 0 saturated heterocycles. The second kappa shape index (κ2) is 4.17. The van der Waals surface area contributed by atoms with Gasteiger partial charge in [-0.25, -0.2) is 0 Å². The van der Waals surface area contributed by atoms with Crippen molar-refractivity contribution in [3.63, 3.8) is 0 Å². The van der Waals surface area contributed by atoms with E-state index >= 15 is 0 Å². The highest BCUT2D eigenvalue weighted by molar-refractivity contribution is 7.99. The van der Waals surface area contributed by atoms with Crippen LogP contribution in [0.4, 0.5) is 0 Å². The average molecular weight is 234 g/mol. The molecule has 0 radical (unpaired) electrons. The first-order valence-electron chi connectivity index (χ1n) is 5.57. The number of hydrogen-bond donors (Lipinski definition) is 0. The summed E-state index contributed by atoms with van der Waals surface area (Å²) in [6.45, 7) is 8.49. The molecule has 0 amide bonds. The Kier molecular flexibility index (Phi) is 3.02. The van der Waals surface area contributed by atoms with Crippen molar-refractivity contribution >= 4 is 11.8 Å². The molecule has 1 aromatic rings. The van der Waals surface area contributed by atoms with Crippen LogP contribution in [0.2, 0.25) is 0 Å². The Bertz CT molecular complexity index is 432. The summed E-state index contributed by atoms with van der Waals surface area (Å²) >= 11 is 1.88. The first kappa shape index (κ1) is 11.6. The van der Waals surface area contributed by atoms with Gasteiger partial charge in [-0.3, -0.25) is 0 Å². The first-order chi connectivity index (χ1) is 7.48. The zero-order chi connectivity index (χ0) is 11.8. The average Bonchev–Trinajstić information content (AvgIpc) is 2.17. The fraction of sp³-hybridized carbons (Fsp3) is 0.429. The quantitative estimate of drug-likeness (QED) is 0.673. The van der Waals surface area contributed by atoms with Gasteiger partial charge in [0, 0.05) is 10.6 Å². The van der Waals surface area contributed by atoms with Crippen molar-refractivity contribution in [2.75, 3.05) is 5.75 Å². The van der Waals surface area contributed by atoms with Gasteiger partial charge in [0.25, 0.3) is 0 Å². The second-order valence-electron chi connectivity index (χ2n) is 4.88. The molecule has 1 nitrogen and oxygen atoms in total. The Hall–Kier alpha value is -0.890. The van der Waals surface area contributed by atoms with E-state index in [1.165, 1.54) is 16.0 Å². The molecule has 2 rings (SSSR count). The number of thioether (sulfide) groups is 1. The van der Waals surface area contributed by atoms with Crippen molar-refractivity contribution in [2.24, 2.45) is 0 Å². The molecular weight excluding hydrogens is 216 g/mol. The molecule has 1 aliphatic rings. The number of allylic oxidation sites excluding steroid dienone is 1. The smallest absolute Gasteiger partial charge is 0.134 e. The molecule has 0 fully saturated rings. The van der Waals surface area contributed by atoms with Crippen molar-refractivity contribution in [1.82, 2.24) is 0 Å². The molecule has 1 unspecified atom stereocenters. The molecule has 16 heavy (non-hydrogen) atoms. The lowest BCUT2D eigenvalue weighted by atomic mass is 10.1. The normalized spacial score (nSPS) is 23.2. The van der Waals surface area contributed by atoms with Crippen molar-refractivity contribution in [3.8, 4) is 5.75 Å². The third kappa shape index (κ3) is 2.43. The summed E-state index contributed by atoms with van der Waals surface area (Å²) in [6.07, 6.45) is 2.21. The number of hydrogen-bond acceptors (Lipinski definition) is 2. The van der Waals surface area contributed by atoms with Crippen LogP contribution >= 0.6 is 11.8 Å². The molecule has 1 aromatic carbocycles. The highest BCUT2D eigenvalue weighted by Gasteiger charge is 2.29. The molecule has 1 aliphatic heterocycles. The van der Waals surface area contributed by atoms with Crippen LogP contribution < -0.4 is 4.74 Å². The van der Waals surface area contributed by atoms with Crippen molar-refractivity contribution in [2.45, 2.75) is 38.2 Å².